The highest BCUT2D eigenvalue weighted by Gasteiger charge is 2.14. The molecular formula is C14H23FN2. The third-order valence-electron chi connectivity index (χ3n) is 2.82. The molecule has 1 N–H and O–H groups in total. The van der Waals surface area contributed by atoms with Crippen molar-refractivity contribution in [2.75, 3.05) is 18.5 Å². The van der Waals surface area contributed by atoms with Crippen LogP contribution in [0.2, 0.25) is 0 Å². The first kappa shape index (κ1) is 14.0. The molecule has 0 aliphatic carbocycles. The van der Waals surface area contributed by atoms with E-state index in [0.29, 0.717) is 6.04 Å². The molecule has 0 spiro atoms. The van der Waals surface area contributed by atoms with Gasteiger partial charge >= 0.3 is 0 Å². The van der Waals surface area contributed by atoms with Crippen LogP contribution in [0.1, 0.15) is 27.7 Å². The summed E-state index contributed by atoms with van der Waals surface area (Å²) in [5.41, 5.74) is 1.16. The van der Waals surface area contributed by atoms with Crippen molar-refractivity contribution in [3.8, 4) is 0 Å². The Morgan fingerprint density at radius 3 is 2.24 bits per heavy atom. The van der Waals surface area contributed by atoms with Gasteiger partial charge in [0.25, 0.3) is 0 Å². The second-order valence-electron chi connectivity index (χ2n) is 5.57. The van der Waals surface area contributed by atoms with E-state index < -0.39 is 0 Å². The summed E-state index contributed by atoms with van der Waals surface area (Å²) in [6.45, 7) is 9.51. The van der Waals surface area contributed by atoms with Crippen molar-refractivity contribution in [2.45, 2.75) is 39.3 Å². The van der Waals surface area contributed by atoms with Crippen molar-refractivity contribution in [1.29, 1.82) is 0 Å². The Morgan fingerprint density at radius 2 is 1.76 bits per heavy atom. The summed E-state index contributed by atoms with van der Waals surface area (Å²) in [6, 6.07) is 6.97. The molecule has 0 aliphatic heterocycles. The van der Waals surface area contributed by atoms with Crippen LogP contribution >= 0.6 is 0 Å². The van der Waals surface area contributed by atoms with Crippen molar-refractivity contribution in [3.63, 3.8) is 0 Å². The fourth-order valence-corrected chi connectivity index (χ4v) is 1.52. The molecule has 1 unspecified atom stereocenters. The second kappa shape index (κ2) is 5.50. The van der Waals surface area contributed by atoms with Crippen LogP contribution in [0.5, 0.6) is 0 Å². The van der Waals surface area contributed by atoms with E-state index in [1.54, 1.807) is 0 Å². The largest absolute Gasteiger partial charge is 0.371 e. The number of likely N-dealkylation sites (N-methyl/N-ethyl adjacent to an activating group) is 1. The van der Waals surface area contributed by atoms with E-state index in [0.717, 1.165) is 12.2 Å². The van der Waals surface area contributed by atoms with Gasteiger partial charge in [0.15, 0.2) is 0 Å². The van der Waals surface area contributed by atoms with E-state index in [4.69, 9.17) is 0 Å². The molecule has 1 aromatic carbocycles. The second-order valence-corrected chi connectivity index (χ2v) is 5.57. The van der Waals surface area contributed by atoms with Crippen LogP contribution < -0.4 is 10.2 Å². The van der Waals surface area contributed by atoms with Gasteiger partial charge < -0.3 is 10.2 Å². The SMILES string of the molecule is CC(CNC(C)(C)C)N(C)c1ccc(F)cc1. The zero-order valence-corrected chi connectivity index (χ0v) is 11.4. The summed E-state index contributed by atoms with van der Waals surface area (Å²) in [5.74, 6) is -0.192. The molecule has 1 rings (SSSR count). The van der Waals surface area contributed by atoms with Crippen LogP contribution in [0.15, 0.2) is 24.3 Å². The Hall–Kier alpha value is -1.09. The molecule has 96 valence electrons. The molecule has 17 heavy (non-hydrogen) atoms. The highest BCUT2D eigenvalue weighted by molar-refractivity contribution is 5.46. The summed E-state index contributed by atoms with van der Waals surface area (Å²) in [4.78, 5) is 2.15. The normalized spacial score (nSPS) is 13.5. The Labute approximate surface area is 104 Å². The van der Waals surface area contributed by atoms with Crippen molar-refractivity contribution in [3.05, 3.63) is 30.1 Å². The Morgan fingerprint density at radius 1 is 1.24 bits per heavy atom. The fraction of sp³-hybridized carbons (Fsp3) is 0.571. The molecule has 0 aliphatic rings. The number of anilines is 1. The van der Waals surface area contributed by atoms with E-state index >= 15 is 0 Å². The van der Waals surface area contributed by atoms with Gasteiger partial charge in [0.2, 0.25) is 0 Å². The number of halogens is 1. The number of nitrogens with one attached hydrogen (secondary N) is 1. The van der Waals surface area contributed by atoms with E-state index in [1.807, 2.05) is 19.2 Å². The van der Waals surface area contributed by atoms with Gasteiger partial charge in [0.1, 0.15) is 5.82 Å². The van der Waals surface area contributed by atoms with Gasteiger partial charge in [-0.25, -0.2) is 4.39 Å². The van der Waals surface area contributed by atoms with Crippen LogP contribution in [-0.4, -0.2) is 25.2 Å². The van der Waals surface area contributed by atoms with Gasteiger partial charge in [0.05, 0.1) is 0 Å². The molecule has 3 heteroatoms. The fourth-order valence-electron chi connectivity index (χ4n) is 1.52. The molecule has 0 amide bonds. The number of hydrogen-bond donors (Lipinski definition) is 1. The van der Waals surface area contributed by atoms with Gasteiger partial charge in [-0.2, -0.15) is 0 Å². The Balaban J connectivity index is 2.57. The molecule has 0 aromatic heterocycles. The minimum atomic E-state index is -0.192. The quantitative estimate of drug-likeness (QED) is 0.867. The lowest BCUT2D eigenvalue weighted by Gasteiger charge is -2.30. The first-order valence-corrected chi connectivity index (χ1v) is 6.03. The van der Waals surface area contributed by atoms with Gasteiger partial charge in [-0.3, -0.25) is 0 Å². The average Bonchev–Trinajstić information content (AvgIpc) is 2.25. The van der Waals surface area contributed by atoms with Gasteiger partial charge in [-0.1, -0.05) is 0 Å². The average molecular weight is 238 g/mol. The third kappa shape index (κ3) is 4.73. The van der Waals surface area contributed by atoms with Crippen LogP contribution in [0.3, 0.4) is 0 Å². The number of rotatable bonds is 4. The van der Waals surface area contributed by atoms with Gasteiger partial charge in [0, 0.05) is 30.9 Å². The van der Waals surface area contributed by atoms with E-state index in [2.05, 4.69) is 37.9 Å². The molecule has 0 saturated carbocycles. The maximum Gasteiger partial charge on any atom is 0.123 e. The van der Waals surface area contributed by atoms with Crippen LogP contribution in [-0.2, 0) is 0 Å². The molecular weight excluding hydrogens is 215 g/mol. The van der Waals surface area contributed by atoms with Gasteiger partial charge in [-0.05, 0) is 52.0 Å². The van der Waals surface area contributed by atoms with Crippen LogP contribution in [0, 0.1) is 5.82 Å². The van der Waals surface area contributed by atoms with Crippen molar-refractivity contribution in [2.24, 2.45) is 0 Å². The minimum Gasteiger partial charge on any atom is -0.371 e. The minimum absolute atomic E-state index is 0.123. The van der Waals surface area contributed by atoms with E-state index in [1.165, 1.54) is 12.1 Å². The molecule has 0 radical (unpaired) electrons. The van der Waals surface area contributed by atoms with Crippen LogP contribution in [0.4, 0.5) is 10.1 Å². The lowest BCUT2D eigenvalue weighted by molar-refractivity contribution is 0.408. The zero-order chi connectivity index (χ0) is 13.1. The summed E-state index contributed by atoms with van der Waals surface area (Å²) in [6.07, 6.45) is 0. The Kier molecular flexibility index (Phi) is 4.52. The monoisotopic (exact) mass is 238 g/mol. The van der Waals surface area contributed by atoms with E-state index in [9.17, 15) is 4.39 Å². The predicted octanol–water partition coefficient (Wildman–Crippen LogP) is 3.04. The molecule has 1 aromatic rings. The lowest BCUT2D eigenvalue weighted by atomic mass is 10.1. The highest BCUT2D eigenvalue weighted by atomic mass is 19.1. The summed E-state index contributed by atoms with van der Waals surface area (Å²) in [7, 11) is 2.03. The first-order valence-electron chi connectivity index (χ1n) is 6.03. The van der Waals surface area contributed by atoms with E-state index in [-0.39, 0.29) is 11.4 Å². The van der Waals surface area contributed by atoms with Crippen molar-refractivity contribution in [1.82, 2.24) is 5.32 Å². The van der Waals surface area contributed by atoms with Gasteiger partial charge in [-0.15, -0.1) is 0 Å². The number of nitrogens with zero attached hydrogens (tertiary/aromatic N) is 1. The zero-order valence-electron chi connectivity index (χ0n) is 11.4. The van der Waals surface area contributed by atoms with Crippen LogP contribution in [0.25, 0.3) is 0 Å². The molecule has 0 heterocycles. The predicted molar refractivity (Wildman–Crippen MR) is 72.0 cm³/mol. The molecule has 2 nitrogen and oxygen atoms in total. The smallest absolute Gasteiger partial charge is 0.123 e. The lowest BCUT2D eigenvalue weighted by Crippen LogP contribution is -2.45. The maximum absolute atomic E-state index is 12.8. The molecule has 1 atom stereocenters. The molecule has 0 fully saturated rings. The number of benzene rings is 1. The topological polar surface area (TPSA) is 15.3 Å². The maximum atomic E-state index is 12.8. The molecule has 0 bridgehead atoms. The van der Waals surface area contributed by atoms with Crippen molar-refractivity contribution >= 4 is 5.69 Å². The third-order valence-corrected chi connectivity index (χ3v) is 2.82. The van der Waals surface area contributed by atoms with Crippen molar-refractivity contribution < 1.29 is 4.39 Å². The summed E-state index contributed by atoms with van der Waals surface area (Å²) >= 11 is 0. The first-order chi connectivity index (χ1) is 7.79. The number of hydrogen-bond acceptors (Lipinski definition) is 2. The summed E-state index contributed by atoms with van der Waals surface area (Å²) in [5, 5.41) is 3.47. The standard InChI is InChI=1S/C14H23FN2/c1-11(10-16-14(2,3)4)17(5)13-8-6-12(15)7-9-13/h6-9,11,16H,10H2,1-5H3. The molecule has 0 saturated heterocycles. The Bertz CT molecular complexity index is 340. The highest BCUT2D eigenvalue weighted by Crippen LogP contribution is 2.15. The summed E-state index contributed by atoms with van der Waals surface area (Å²) < 4.78 is 12.8.